The highest BCUT2D eigenvalue weighted by molar-refractivity contribution is 5.95. The number of nitrogens with one attached hydrogen (secondary N) is 2. The van der Waals surface area contributed by atoms with Crippen molar-refractivity contribution in [3.63, 3.8) is 0 Å². The van der Waals surface area contributed by atoms with E-state index >= 15 is 0 Å². The predicted octanol–water partition coefficient (Wildman–Crippen LogP) is 2.80. The minimum absolute atomic E-state index is 0.0999. The molecule has 1 aliphatic heterocycles. The van der Waals surface area contributed by atoms with E-state index in [1.807, 2.05) is 0 Å². The van der Waals surface area contributed by atoms with E-state index in [1.54, 1.807) is 35.4 Å². The average molecular weight is 353 g/mol. The number of rotatable bonds is 5. The van der Waals surface area contributed by atoms with Crippen LogP contribution in [0.2, 0.25) is 0 Å². The molecule has 0 atom stereocenters. The van der Waals surface area contributed by atoms with Crippen LogP contribution in [0.25, 0.3) is 0 Å². The third-order valence-electron chi connectivity index (χ3n) is 4.28. The van der Waals surface area contributed by atoms with E-state index in [0.29, 0.717) is 36.8 Å². The molecule has 1 aromatic heterocycles. The number of urea groups is 1. The van der Waals surface area contributed by atoms with Gasteiger partial charge >= 0.3 is 6.03 Å². The third-order valence-corrected chi connectivity index (χ3v) is 4.28. The van der Waals surface area contributed by atoms with Crippen molar-refractivity contribution in [2.45, 2.75) is 33.4 Å². The summed E-state index contributed by atoms with van der Waals surface area (Å²) in [4.78, 5) is 34.3. The summed E-state index contributed by atoms with van der Waals surface area (Å²) in [6, 6.07) is 6.70. The van der Waals surface area contributed by atoms with Gasteiger partial charge < -0.3 is 15.5 Å². The lowest BCUT2D eigenvalue weighted by Gasteiger charge is -2.16. The Morgan fingerprint density at radius 3 is 2.65 bits per heavy atom. The Labute approximate surface area is 152 Å². The number of amides is 3. The molecule has 0 saturated carbocycles. The molecule has 0 spiro atoms. The van der Waals surface area contributed by atoms with Crippen LogP contribution in [0.4, 0.5) is 10.5 Å². The van der Waals surface area contributed by atoms with Crippen LogP contribution in [0.15, 0.2) is 36.8 Å². The van der Waals surface area contributed by atoms with Crippen LogP contribution < -0.4 is 10.6 Å². The molecule has 1 aliphatic rings. The van der Waals surface area contributed by atoms with E-state index in [9.17, 15) is 9.59 Å². The zero-order valence-corrected chi connectivity index (χ0v) is 15.0. The summed E-state index contributed by atoms with van der Waals surface area (Å²) in [5.41, 5.74) is 3.08. The van der Waals surface area contributed by atoms with Crippen LogP contribution in [0.5, 0.6) is 0 Å². The van der Waals surface area contributed by atoms with Crippen molar-refractivity contribution in [2.24, 2.45) is 5.92 Å². The zero-order chi connectivity index (χ0) is 18.5. The van der Waals surface area contributed by atoms with Gasteiger partial charge in [-0.25, -0.2) is 14.8 Å². The lowest BCUT2D eigenvalue weighted by molar-refractivity contribution is 0.0952. The molecule has 0 fully saturated rings. The van der Waals surface area contributed by atoms with Crippen molar-refractivity contribution >= 4 is 17.6 Å². The lowest BCUT2D eigenvalue weighted by atomic mass is 10.1. The van der Waals surface area contributed by atoms with Gasteiger partial charge in [0, 0.05) is 29.6 Å². The second kappa shape index (κ2) is 7.95. The van der Waals surface area contributed by atoms with Crippen molar-refractivity contribution in [2.75, 3.05) is 11.9 Å². The van der Waals surface area contributed by atoms with Gasteiger partial charge in [0.1, 0.15) is 6.33 Å². The second-order valence-corrected chi connectivity index (χ2v) is 6.80. The van der Waals surface area contributed by atoms with E-state index < -0.39 is 0 Å². The number of fused-ring (bicyclic) bond motifs is 1. The standard InChI is InChI=1S/C19H23N5O2/c1-13(2)7-8-21-18(25)14-3-5-16(6-4-14)23-19(26)24-10-15-9-20-12-22-17(15)11-24/h3-6,9,12-13H,7-8,10-11H2,1-2H3,(H,21,25)(H,23,26). The first-order valence-corrected chi connectivity index (χ1v) is 8.75. The van der Waals surface area contributed by atoms with Crippen molar-refractivity contribution < 1.29 is 9.59 Å². The van der Waals surface area contributed by atoms with Crippen molar-refractivity contribution in [3.8, 4) is 0 Å². The van der Waals surface area contributed by atoms with Gasteiger partial charge in [0.05, 0.1) is 18.8 Å². The monoisotopic (exact) mass is 353 g/mol. The van der Waals surface area contributed by atoms with E-state index in [4.69, 9.17) is 0 Å². The van der Waals surface area contributed by atoms with Gasteiger partial charge in [0.2, 0.25) is 0 Å². The Morgan fingerprint density at radius 2 is 1.96 bits per heavy atom. The number of aromatic nitrogens is 2. The molecule has 7 nitrogen and oxygen atoms in total. The predicted molar refractivity (Wildman–Crippen MR) is 98.5 cm³/mol. The van der Waals surface area contributed by atoms with Gasteiger partial charge in [-0.1, -0.05) is 13.8 Å². The maximum absolute atomic E-state index is 12.4. The number of hydrogen-bond acceptors (Lipinski definition) is 4. The van der Waals surface area contributed by atoms with Crippen LogP contribution in [0.1, 0.15) is 41.9 Å². The second-order valence-electron chi connectivity index (χ2n) is 6.80. The van der Waals surface area contributed by atoms with Crippen molar-refractivity contribution in [1.82, 2.24) is 20.2 Å². The number of benzene rings is 1. The Hall–Kier alpha value is -2.96. The van der Waals surface area contributed by atoms with E-state index in [1.165, 1.54) is 6.33 Å². The normalized spacial score (nSPS) is 12.8. The minimum atomic E-state index is -0.197. The maximum atomic E-state index is 12.4. The third kappa shape index (κ3) is 4.36. The summed E-state index contributed by atoms with van der Waals surface area (Å²) in [6.45, 7) is 5.87. The fraction of sp³-hybridized carbons (Fsp3) is 0.368. The van der Waals surface area contributed by atoms with Gasteiger partial charge in [0.25, 0.3) is 5.91 Å². The van der Waals surface area contributed by atoms with Gasteiger partial charge in [0.15, 0.2) is 0 Å². The highest BCUT2D eigenvalue weighted by Crippen LogP contribution is 2.20. The Kier molecular flexibility index (Phi) is 5.46. The molecule has 3 rings (SSSR count). The van der Waals surface area contributed by atoms with Crippen molar-refractivity contribution in [3.05, 3.63) is 53.6 Å². The van der Waals surface area contributed by atoms with Crippen LogP contribution in [0, 0.1) is 5.92 Å². The molecule has 7 heteroatoms. The summed E-state index contributed by atoms with van der Waals surface area (Å²) >= 11 is 0. The van der Waals surface area contributed by atoms with Crippen LogP contribution >= 0.6 is 0 Å². The summed E-state index contributed by atoms with van der Waals surface area (Å²) in [5, 5.41) is 5.75. The molecule has 2 aromatic rings. The molecule has 2 heterocycles. The van der Waals surface area contributed by atoms with Gasteiger partial charge in [-0.15, -0.1) is 0 Å². The summed E-state index contributed by atoms with van der Waals surface area (Å²) in [6.07, 6.45) is 4.18. The first kappa shape index (κ1) is 17.8. The smallest absolute Gasteiger partial charge is 0.322 e. The molecule has 0 aliphatic carbocycles. The lowest BCUT2D eigenvalue weighted by Crippen LogP contribution is -2.30. The quantitative estimate of drug-likeness (QED) is 0.865. The molecule has 2 N–H and O–H groups in total. The molecule has 0 saturated heterocycles. The van der Waals surface area contributed by atoms with Crippen LogP contribution in [-0.4, -0.2) is 33.4 Å². The highest BCUT2D eigenvalue weighted by atomic mass is 16.2. The van der Waals surface area contributed by atoms with E-state index in [-0.39, 0.29) is 11.9 Å². The minimum Gasteiger partial charge on any atom is -0.352 e. The molecule has 0 unspecified atom stereocenters. The van der Waals surface area contributed by atoms with Crippen molar-refractivity contribution in [1.29, 1.82) is 0 Å². The fourth-order valence-corrected chi connectivity index (χ4v) is 2.73. The van der Waals surface area contributed by atoms with Gasteiger partial charge in [-0.3, -0.25) is 4.79 Å². The number of carbonyl (C=O) groups excluding carboxylic acids is 2. The Bertz CT molecular complexity index is 764. The number of carbonyl (C=O) groups is 2. The summed E-state index contributed by atoms with van der Waals surface area (Å²) < 4.78 is 0. The highest BCUT2D eigenvalue weighted by Gasteiger charge is 2.24. The topological polar surface area (TPSA) is 87.2 Å². The molecule has 3 amide bonds. The number of anilines is 1. The fourth-order valence-electron chi connectivity index (χ4n) is 2.73. The maximum Gasteiger partial charge on any atom is 0.322 e. The molecule has 0 bridgehead atoms. The van der Waals surface area contributed by atoms with E-state index in [0.717, 1.165) is 17.7 Å². The average Bonchev–Trinajstić information content (AvgIpc) is 3.06. The molecule has 26 heavy (non-hydrogen) atoms. The molecular weight excluding hydrogens is 330 g/mol. The van der Waals surface area contributed by atoms with E-state index in [2.05, 4.69) is 34.4 Å². The number of nitrogens with zero attached hydrogens (tertiary/aromatic N) is 3. The first-order valence-electron chi connectivity index (χ1n) is 8.75. The molecule has 1 aromatic carbocycles. The Balaban J connectivity index is 1.53. The Morgan fingerprint density at radius 1 is 1.19 bits per heavy atom. The largest absolute Gasteiger partial charge is 0.352 e. The van der Waals surface area contributed by atoms with Crippen LogP contribution in [0.3, 0.4) is 0 Å². The summed E-state index contributed by atoms with van der Waals surface area (Å²) in [5.74, 6) is 0.452. The SMILES string of the molecule is CC(C)CCNC(=O)c1ccc(NC(=O)N2Cc3cncnc3C2)cc1. The summed E-state index contributed by atoms with van der Waals surface area (Å²) in [7, 11) is 0. The first-order chi connectivity index (χ1) is 12.5. The van der Waals surface area contributed by atoms with Gasteiger partial charge in [-0.05, 0) is 36.6 Å². The number of hydrogen-bond donors (Lipinski definition) is 2. The van der Waals surface area contributed by atoms with Gasteiger partial charge in [-0.2, -0.15) is 0 Å². The molecule has 0 radical (unpaired) electrons. The van der Waals surface area contributed by atoms with Crippen LogP contribution in [-0.2, 0) is 13.1 Å². The zero-order valence-electron chi connectivity index (χ0n) is 15.0. The molecule has 136 valence electrons. The molecular formula is C19H23N5O2.